The van der Waals surface area contributed by atoms with E-state index < -0.39 is 94.4 Å². The minimum Gasteiger partial charge on any atom is -0.507 e. The maximum absolute atomic E-state index is 14.8. The highest BCUT2D eigenvalue weighted by Gasteiger charge is 2.55. The number of likely N-dealkylation sites (tertiary alicyclic amines) is 1. The monoisotopic (exact) mass is 929 g/mol. The topological polar surface area (TPSA) is 217 Å². The number of ether oxygens (including phenoxy) is 6. The first-order chi connectivity index (χ1) is 31.8. The standard InChI is InChI=1S/C50H63N3O14/c1-10-50-48(60)39-37-38(43(57)32(7)47(39)67-50)44(58)40(41(45(37)59)53-18-21-63-22-19-53)51-49(61)28(3)14-11-13-27(2)23-29(4)42(56)31(6)46(30(5)34(62-9)16-20-65-50)66-36(55)24-35(54)64-26-33-15-12-17-52(8)25-33/h1,11,13-14,16,20,27,29-31,33-34,42,46,56-57H,12,15,17-19,21-26H2,2-9H3,(H,51,61)/b13-11+,20-16+,28-14-/t27-,29+,30+,31+,33?,34-,42+,46+,50-/m0/s1. The highest BCUT2D eigenvalue weighted by Crippen LogP contribution is 2.49. The number of phenolic OH excluding ortho intramolecular Hbond substituents is 1. The van der Waals surface area contributed by atoms with Crippen molar-refractivity contribution in [3.8, 4) is 23.8 Å². The summed E-state index contributed by atoms with van der Waals surface area (Å²) < 4.78 is 34.9. The lowest BCUT2D eigenvalue weighted by Crippen LogP contribution is -2.45. The summed E-state index contributed by atoms with van der Waals surface area (Å²) in [6.07, 6.45) is 12.2. The second-order valence-corrected chi connectivity index (χ2v) is 18.4. The Labute approximate surface area is 391 Å². The number of esters is 2. The zero-order valence-electron chi connectivity index (χ0n) is 39.5. The number of ketones is 3. The molecule has 7 rings (SSSR count). The van der Waals surface area contributed by atoms with Crippen LogP contribution in [-0.4, -0.2) is 139 Å². The number of phenols is 1. The Morgan fingerprint density at radius 1 is 0.985 bits per heavy atom. The van der Waals surface area contributed by atoms with Gasteiger partial charge in [-0.05, 0) is 70.5 Å². The van der Waals surface area contributed by atoms with E-state index in [9.17, 15) is 39.0 Å². The Morgan fingerprint density at radius 2 is 1.70 bits per heavy atom. The molecule has 0 saturated carbocycles. The molecule has 0 aromatic heterocycles. The van der Waals surface area contributed by atoms with Gasteiger partial charge < -0.3 is 53.8 Å². The second kappa shape index (κ2) is 21.4. The van der Waals surface area contributed by atoms with Crippen LogP contribution < -0.4 is 10.1 Å². The Kier molecular flexibility index (Phi) is 16.2. The third-order valence-electron chi connectivity index (χ3n) is 13.4. The summed E-state index contributed by atoms with van der Waals surface area (Å²) in [6.45, 7) is 12.8. The fourth-order valence-electron chi connectivity index (χ4n) is 9.60. The van der Waals surface area contributed by atoms with Crippen molar-refractivity contribution in [3.63, 3.8) is 0 Å². The van der Waals surface area contributed by atoms with Crippen LogP contribution in [0.5, 0.6) is 11.5 Å². The number of nitrogens with one attached hydrogen (secondary N) is 1. The van der Waals surface area contributed by atoms with E-state index in [0.29, 0.717) is 6.42 Å². The molecule has 1 unspecified atom stereocenters. The van der Waals surface area contributed by atoms with Gasteiger partial charge in [0.2, 0.25) is 11.6 Å². The molecule has 5 bridgehead atoms. The fraction of sp³-hybridized carbons (Fsp3) is 0.560. The predicted octanol–water partition coefficient (Wildman–Crippen LogP) is 4.19. The highest BCUT2D eigenvalue weighted by atomic mass is 16.7. The number of aromatic hydroxyl groups is 1. The lowest BCUT2D eigenvalue weighted by Gasteiger charge is -2.37. The number of Topliss-reactive ketones (excluding diaryl/α,β-unsaturated/α-hetero) is 3. The third kappa shape index (κ3) is 10.7. The van der Waals surface area contributed by atoms with Gasteiger partial charge in [-0.2, -0.15) is 0 Å². The Hall–Kier alpha value is -5.80. The number of rotatable bonds is 7. The van der Waals surface area contributed by atoms with E-state index in [-0.39, 0.29) is 84.5 Å². The molecule has 17 heteroatoms. The van der Waals surface area contributed by atoms with Crippen molar-refractivity contribution >= 4 is 35.2 Å². The largest absolute Gasteiger partial charge is 0.507 e. The highest BCUT2D eigenvalue weighted by molar-refractivity contribution is 6.32. The van der Waals surface area contributed by atoms with Crippen LogP contribution in [0.1, 0.15) is 96.9 Å². The number of terminal acetylenes is 1. The van der Waals surface area contributed by atoms with Crippen LogP contribution in [0.15, 0.2) is 47.5 Å². The number of allylic oxidation sites excluding steroid dienone is 5. The summed E-state index contributed by atoms with van der Waals surface area (Å²) in [6, 6.07) is 0. The summed E-state index contributed by atoms with van der Waals surface area (Å²) in [5.41, 5.74) is -1.85. The number of hydrogen-bond donors (Lipinski definition) is 3. The number of aliphatic hydroxyl groups excluding tert-OH is 1. The molecule has 362 valence electrons. The van der Waals surface area contributed by atoms with Crippen LogP contribution in [0.25, 0.3) is 0 Å². The van der Waals surface area contributed by atoms with E-state index in [1.165, 1.54) is 27.0 Å². The summed E-state index contributed by atoms with van der Waals surface area (Å²) in [4.78, 5) is 87.9. The number of methoxy groups -OCH3 is 1. The molecule has 1 amide bonds. The van der Waals surface area contributed by atoms with Gasteiger partial charge in [-0.15, -0.1) is 6.42 Å². The fourth-order valence-corrected chi connectivity index (χ4v) is 9.60. The summed E-state index contributed by atoms with van der Waals surface area (Å²) >= 11 is 0. The van der Waals surface area contributed by atoms with Crippen molar-refractivity contribution in [3.05, 3.63) is 69.8 Å². The van der Waals surface area contributed by atoms with E-state index in [1.807, 2.05) is 27.0 Å². The smallest absolute Gasteiger partial charge is 0.383 e. The minimum absolute atomic E-state index is 0.0883. The molecular weight excluding hydrogens is 867 g/mol. The van der Waals surface area contributed by atoms with E-state index >= 15 is 0 Å². The summed E-state index contributed by atoms with van der Waals surface area (Å²) in [5, 5.41) is 26.1. The van der Waals surface area contributed by atoms with Crippen LogP contribution in [0, 0.1) is 48.9 Å². The lowest BCUT2D eigenvalue weighted by molar-refractivity contribution is -0.167. The molecule has 6 aliphatic rings. The molecule has 2 fully saturated rings. The van der Waals surface area contributed by atoms with E-state index in [0.717, 1.165) is 32.2 Å². The number of aliphatic hydroxyl groups is 1. The molecule has 0 spiro atoms. The van der Waals surface area contributed by atoms with Crippen LogP contribution >= 0.6 is 0 Å². The maximum atomic E-state index is 14.8. The quantitative estimate of drug-likeness (QED) is 0.199. The van der Waals surface area contributed by atoms with Crippen molar-refractivity contribution in [1.29, 1.82) is 0 Å². The van der Waals surface area contributed by atoms with Gasteiger partial charge in [-0.3, -0.25) is 28.8 Å². The number of piperidine rings is 1. The molecule has 67 heavy (non-hydrogen) atoms. The molecule has 17 nitrogen and oxygen atoms in total. The second-order valence-electron chi connectivity index (χ2n) is 18.4. The van der Waals surface area contributed by atoms with Crippen LogP contribution in [0.2, 0.25) is 0 Å². The summed E-state index contributed by atoms with van der Waals surface area (Å²) in [5.74, 6) is -8.05. The van der Waals surface area contributed by atoms with Gasteiger partial charge in [0, 0.05) is 55.6 Å². The maximum Gasteiger partial charge on any atom is 0.383 e. The van der Waals surface area contributed by atoms with E-state index in [1.54, 1.807) is 30.9 Å². The zero-order valence-corrected chi connectivity index (χ0v) is 39.5. The molecule has 5 aliphatic heterocycles. The molecule has 1 aliphatic carbocycles. The Morgan fingerprint density at radius 3 is 2.37 bits per heavy atom. The normalized spacial score (nSPS) is 31.7. The molecular formula is C50H63N3O14. The SMILES string of the molecule is C#C[C@@]12O/C=C/[C@H](OC)[C@@H](C)[C@@H](OC(=O)CC(=O)OCC3CCCN(C)C3)[C@H](C)[C@H](O)[C@H](C)C[C@@H](C)/C=C/C=C(/C)C(=O)NC3=C(N4CCOCC4)C(=O)c4c(c(O)c(C)c(c4C1=O)O2)C3=O. The average molecular weight is 930 g/mol. The van der Waals surface area contributed by atoms with Gasteiger partial charge in [0.15, 0.2) is 0 Å². The van der Waals surface area contributed by atoms with Crippen molar-refractivity contribution < 1.29 is 67.4 Å². The number of carbonyl (C=O) groups is 6. The lowest BCUT2D eigenvalue weighted by atomic mass is 9.79. The van der Waals surface area contributed by atoms with Crippen molar-refractivity contribution in [1.82, 2.24) is 15.1 Å². The van der Waals surface area contributed by atoms with Crippen molar-refractivity contribution in [2.75, 3.05) is 60.2 Å². The summed E-state index contributed by atoms with van der Waals surface area (Å²) in [7, 11) is 3.40. The van der Waals surface area contributed by atoms with Gasteiger partial charge in [0.25, 0.3) is 11.7 Å². The molecule has 2 saturated heterocycles. The number of carbonyl (C=O) groups excluding carboxylic acids is 6. The third-order valence-corrected chi connectivity index (χ3v) is 13.4. The van der Waals surface area contributed by atoms with Crippen LogP contribution in [-0.2, 0) is 38.1 Å². The first-order valence-corrected chi connectivity index (χ1v) is 22.9. The molecule has 9 atom stereocenters. The number of nitrogens with zero attached hydrogens (tertiary/aromatic N) is 2. The van der Waals surface area contributed by atoms with Gasteiger partial charge in [-0.25, -0.2) is 0 Å². The molecule has 1 aromatic carbocycles. The molecule has 1 aromatic rings. The first-order valence-electron chi connectivity index (χ1n) is 22.9. The van der Waals surface area contributed by atoms with Gasteiger partial charge in [0.1, 0.15) is 35.4 Å². The van der Waals surface area contributed by atoms with Crippen LogP contribution in [0.3, 0.4) is 0 Å². The predicted molar refractivity (Wildman–Crippen MR) is 242 cm³/mol. The molecule has 5 heterocycles. The van der Waals surface area contributed by atoms with Crippen LogP contribution in [0.4, 0.5) is 0 Å². The molecule has 3 N–H and O–H groups in total. The Bertz CT molecular complexity index is 2300. The molecule has 0 radical (unpaired) electrons. The van der Waals surface area contributed by atoms with E-state index in [4.69, 9.17) is 34.8 Å². The number of hydrogen-bond acceptors (Lipinski definition) is 16. The average Bonchev–Trinajstić information content (AvgIpc) is 3.59. The first kappa shape index (κ1) is 50.6. The number of fused-ring (bicyclic) bond motifs is 14. The van der Waals surface area contributed by atoms with Gasteiger partial charge in [-0.1, -0.05) is 45.9 Å². The van der Waals surface area contributed by atoms with E-state index in [2.05, 4.69) is 16.1 Å². The van der Waals surface area contributed by atoms with Gasteiger partial charge in [0.05, 0.1) is 55.0 Å². The number of benzene rings is 1. The van der Waals surface area contributed by atoms with Crippen molar-refractivity contribution in [2.45, 2.75) is 91.3 Å². The number of morpholine rings is 1. The van der Waals surface area contributed by atoms with Gasteiger partial charge >= 0.3 is 17.7 Å². The Balaban J connectivity index is 1.37. The number of amides is 1. The van der Waals surface area contributed by atoms with Crippen molar-refractivity contribution in [2.24, 2.45) is 29.6 Å². The minimum atomic E-state index is -2.54. The zero-order chi connectivity index (χ0) is 48.9.